The van der Waals surface area contributed by atoms with E-state index >= 15 is 0 Å². The molecule has 104 valence electrons. The summed E-state index contributed by atoms with van der Waals surface area (Å²) in [6.45, 7) is 6.67. The zero-order valence-electron chi connectivity index (χ0n) is 11.6. The highest BCUT2D eigenvalue weighted by molar-refractivity contribution is 5.91. The van der Waals surface area contributed by atoms with Crippen molar-refractivity contribution < 1.29 is 9.59 Å². The fourth-order valence-electron chi connectivity index (χ4n) is 2.60. The Hall–Kier alpha value is -1.10. The SMILES string of the molecule is CCCC1(C(=O)NC(C(N)=O)C(C)C)CCCN1. The number of nitrogens with two attached hydrogens (primary N) is 1. The molecule has 0 saturated carbocycles. The maximum absolute atomic E-state index is 12.4. The van der Waals surface area contributed by atoms with E-state index in [0.29, 0.717) is 0 Å². The first-order valence-corrected chi connectivity index (χ1v) is 6.78. The molecular formula is C13H25N3O2. The Morgan fingerprint density at radius 1 is 1.44 bits per heavy atom. The van der Waals surface area contributed by atoms with E-state index < -0.39 is 17.5 Å². The Bertz CT molecular complexity index is 309. The molecule has 2 amide bonds. The van der Waals surface area contributed by atoms with E-state index in [1.54, 1.807) is 0 Å². The lowest BCUT2D eigenvalue weighted by molar-refractivity contribution is -0.132. The summed E-state index contributed by atoms with van der Waals surface area (Å²) in [6, 6.07) is -0.589. The third-order valence-corrected chi connectivity index (χ3v) is 3.61. The second kappa shape index (κ2) is 6.18. The van der Waals surface area contributed by atoms with Crippen LogP contribution in [-0.4, -0.2) is 29.9 Å². The number of rotatable bonds is 6. The molecule has 5 heteroatoms. The maximum atomic E-state index is 12.4. The lowest BCUT2D eigenvalue weighted by Gasteiger charge is -2.30. The molecule has 1 aliphatic heterocycles. The van der Waals surface area contributed by atoms with E-state index in [4.69, 9.17) is 5.73 Å². The molecule has 0 bridgehead atoms. The Balaban J connectivity index is 2.75. The van der Waals surface area contributed by atoms with Crippen LogP contribution in [0, 0.1) is 5.92 Å². The van der Waals surface area contributed by atoms with E-state index in [1.807, 2.05) is 13.8 Å². The van der Waals surface area contributed by atoms with Gasteiger partial charge in [0.1, 0.15) is 6.04 Å². The van der Waals surface area contributed by atoms with Gasteiger partial charge in [0.15, 0.2) is 0 Å². The van der Waals surface area contributed by atoms with Gasteiger partial charge in [0.25, 0.3) is 0 Å². The molecule has 5 nitrogen and oxygen atoms in total. The topological polar surface area (TPSA) is 84.2 Å². The molecule has 1 aliphatic rings. The van der Waals surface area contributed by atoms with Crippen molar-refractivity contribution in [2.24, 2.45) is 11.7 Å². The van der Waals surface area contributed by atoms with Crippen molar-refractivity contribution in [3.05, 3.63) is 0 Å². The smallest absolute Gasteiger partial charge is 0.240 e. The number of nitrogens with one attached hydrogen (secondary N) is 2. The molecule has 2 atom stereocenters. The summed E-state index contributed by atoms with van der Waals surface area (Å²) in [5, 5.41) is 6.10. The quantitative estimate of drug-likeness (QED) is 0.647. The molecule has 4 N–H and O–H groups in total. The summed E-state index contributed by atoms with van der Waals surface area (Å²) in [6.07, 6.45) is 3.55. The van der Waals surface area contributed by atoms with Crippen molar-refractivity contribution >= 4 is 11.8 Å². The van der Waals surface area contributed by atoms with Crippen LogP contribution in [-0.2, 0) is 9.59 Å². The maximum Gasteiger partial charge on any atom is 0.240 e. The summed E-state index contributed by atoms with van der Waals surface area (Å²) >= 11 is 0. The minimum Gasteiger partial charge on any atom is -0.368 e. The van der Waals surface area contributed by atoms with Gasteiger partial charge >= 0.3 is 0 Å². The van der Waals surface area contributed by atoms with Crippen LogP contribution in [0.1, 0.15) is 46.5 Å². The number of hydrogen-bond donors (Lipinski definition) is 3. The molecule has 1 heterocycles. The summed E-state index contributed by atoms with van der Waals surface area (Å²) in [4.78, 5) is 23.7. The van der Waals surface area contributed by atoms with Gasteiger partial charge in [0.05, 0.1) is 5.54 Å². The fraction of sp³-hybridized carbons (Fsp3) is 0.846. The number of hydrogen-bond acceptors (Lipinski definition) is 3. The second-order valence-electron chi connectivity index (χ2n) is 5.46. The highest BCUT2D eigenvalue weighted by Gasteiger charge is 2.41. The Labute approximate surface area is 109 Å². The van der Waals surface area contributed by atoms with Crippen molar-refractivity contribution in [2.75, 3.05) is 6.54 Å². The van der Waals surface area contributed by atoms with Crippen LogP contribution in [0.2, 0.25) is 0 Å². The predicted octanol–water partition coefficient (Wildman–Crippen LogP) is 0.535. The molecule has 0 aromatic carbocycles. The van der Waals surface area contributed by atoms with Crippen molar-refractivity contribution in [1.82, 2.24) is 10.6 Å². The molecule has 1 saturated heterocycles. The molecule has 0 aromatic heterocycles. The molecule has 0 spiro atoms. The number of primary amides is 1. The summed E-state index contributed by atoms with van der Waals surface area (Å²) < 4.78 is 0. The average molecular weight is 255 g/mol. The summed E-state index contributed by atoms with van der Waals surface area (Å²) in [5.41, 5.74) is 4.82. The zero-order valence-corrected chi connectivity index (χ0v) is 11.6. The van der Waals surface area contributed by atoms with Crippen molar-refractivity contribution in [2.45, 2.75) is 58.0 Å². The van der Waals surface area contributed by atoms with E-state index in [2.05, 4.69) is 17.6 Å². The monoisotopic (exact) mass is 255 g/mol. The fourth-order valence-corrected chi connectivity index (χ4v) is 2.60. The van der Waals surface area contributed by atoms with Crippen LogP contribution in [0.3, 0.4) is 0 Å². The Morgan fingerprint density at radius 2 is 2.11 bits per heavy atom. The van der Waals surface area contributed by atoms with Gasteiger partial charge in [-0.15, -0.1) is 0 Å². The average Bonchev–Trinajstić information content (AvgIpc) is 2.75. The van der Waals surface area contributed by atoms with Crippen LogP contribution >= 0.6 is 0 Å². The molecule has 1 rings (SSSR count). The van der Waals surface area contributed by atoms with Crippen LogP contribution in [0.5, 0.6) is 0 Å². The summed E-state index contributed by atoms with van der Waals surface area (Å²) in [5.74, 6) is -0.547. The number of carbonyl (C=O) groups is 2. The van der Waals surface area contributed by atoms with Gasteiger partial charge in [-0.1, -0.05) is 27.2 Å². The van der Waals surface area contributed by atoms with Crippen molar-refractivity contribution in [3.8, 4) is 0 Å². The van der Waals surface area contributed by atoms with Gasteiger partial charge in [0.2, 0.25) is 11.8 Å². The van der Waals surface area contributed by atoms with Crippen LogP contribution < -0.4 is 16.4 Å². The zero-order chi connectivity index (χ0) is 13.8. The van der Waals surface area contributed by atoms with Gasteiger partial charge in [-0.3, -0.25) is 9.59 Å². The molecule has 1 fully saturated rings. The highest BCUT2D eigenvalue weighted by Crippen LogP contribution is 2.25. The first-order valence-electron chi connectivity index (χ1n) is 6.78. The molecule has 0 aliphatic carbocycles. The molecule has 2 unspecified atom stereocenters. The predicted molar refractivity (Wildman–Crippen MR) is 70.8 cm³/mol. The standard InChI is InChI=1S/C13H25N3O2/c1-4-6-13(7-5-8-15-13)12(18)16-10(9(2)3)11(14)17/h9-10,15H,4-8H2,1-3H3,(H2,14,17)(H,16,18). The van der Waals surface area contributed by atoms with Crippen molar-refractivity contribution in [3.63, 3.8) is 0 Å². The van der Waals surface area contributed by atoms with E-state index in [0.717, 1.165) is 32.2 Å². The lowest BCUT2D eigenvalue weighted by Crippen LogP contribution is -2.59. The van der Waals surface area contributed by atoms with E-state index in [-0.39, 0.29) is 11.8 Å². The first kappa shape index (κ1) is 15.0. The Morgan fingerprint density at radius 3 is 2.50 bits per heavy atom. The number of carbonyl (C=O) groups excluding carboxylic acids is 2. The number of amides is 2. The third-order valence-electron chi connectivity index (χ3n) is 3.61. The largest absolute Gasteiger partial charge is 0.368 e. The summed E-state index contributed by atoms with van der Waals surface area (Å²) in [7, 11) is 0. The van der Waals surface area contributed by atoms with Gasteiger partial charge in [-0.2, -0.15) is 0 Å². The van der Waals surface area contributed by atoms with Gasteiger partial charge in [0, 0.05) is 0 Å². The second-order valence-corrected chi connectivity index (χ2v) is 5.46. The molecule has 0 aromatic rings. The Kier molecular flexibility index (Phi) is 5.14. The normalized spacial score (nSPS) is 25.1. The van der Waals surface area contributed by atoms with Gasteiger partial charge < -0.3 is 16.4 Å². The molecule has 18 heavy (non-hydrogen) atoms. The van der Waals surface area contributed by atoms with E-state index in [9.17, 15) is 9.59 Å². The minimum atomic E-state index is -0.589. The first-order chi connectivity index (χ1) is 8.43. The van der Waals surface area contributed by atoms with E-state index in [1.165, 1.54) is 0 Å². The molecular weight excluding hydrogens is 230 g/mol. The molecule has 0 radical (unpaired) electrons. The van der Waals surface area contributed by atoms with Gasteiger partial charge in [-0.05, 0) is 31.7 Å². The minimum absolute atomic E-state index is 0.00605. The van der Waals surface area contributed by atoms with Crippen LogP contribution in [0.15, 0.2) is 0 Å². The van der Waals surface area contributed by atoms with Crippen LogP contribution in [0.4, 0.5) is 0 Å². The van der Waals surface area contributed by atoms with Crippen LogP contribution in [0.25, 0.3) is 0 Å². The highest BCUT2D eigenvalue weighted by atomic mass is 16.2. The lowest BCUT2D eigenvalue weighted by atomic mass is 9.90. The van der Waals surface area contributed by atoms with Crippen molar-refractivity contribution in [1.29, 1.82) is 0 Å². The third kappa shape index (κ3) is 3.22. The van der Waals surface area contributed by atoms with Gasteiger partial charge in [-0.25, -0.2) is 0 Å².